The fourth-order valence-electron chi connectivity index (χ4n) is 2.24. The lowest BCUT2D eigenvalue weighted by molar-refractivity contribution is 0.520. The number of rotatable bonds is 6. The SMILES string of the molecule is CNC(CCc1ccccc1)Cc1ccc(I)cc1. The zero-order chi connectivity index (χ0) is 13.5. The summed E-state index contributed by atoms with van der Waals surface area (Å²) < 4.78 is 1.30. The summed E-state index contributed by atoms with van der Waals surface area (Å²) in [5.41, 5.74) is 2.83. The molecule has 1 N–H and O–H groups in total. The standard InChI is InChI=1S/C17H20IN/c1-19-17(12-9-14-5-3-2-4-6-14)13-15-7-10-16(18)11-8-15/h2-8,10-11,17,19H,9,12-13H2,1H3. The minimum atomic E-state index is 0.542. The van der Waals surface area contributed by atoms with Crippen molar-refractivity contribution < 1.29 is 0 Å². The molecule has 0 radical (unpaired) electrons. The molecule has 0 saturated carbocycles. The first-order valence-electron chi connectivity index (χ1n) is 6.73. The third-order valence-electron chi connectivity index (χ3n) is 3.43. The van der Waals surface area contributed by atoms with Gasteiger partial charge in [-0.2, -0.15) is 0 Å². The Morgan fingerprint density at radius 3 is 2.26 bits per heavy atom. The molecule has 0 saturated heterocycles. The predicted octanol–water partition coefficient (Wildman–Crippen LogP) is 4.05. The monoisotopic (exact) mass is 365 g/mol. The summed E-state index contributed by atoms with van der Waals surface area (Å²) in [5, 5.41) is 3.43. The number of nitrogens with one attached hydrogen (secondary N) is 1. The first-order chi connectivity index (χ1) is 9.28. The van der Waals surface area contributed by atoms with Gasteiger partial charge in [-0.1, -0.05) is 42.5 Å². The Bertz CT molecular complexity index is 478. The van der Waals surface area contributed by atoms with Crippen LogP contribution in [0.1, 0.15) is 17.5 Å². The lowest BCUT2D eigenvalue weighted by Crippen LogP contribution is -2.28. The summed E-state index contributed by atoms with van der Waals surface area (Å²) >= 11 is 2.35. The summed E-state index contributed by atoms with van der Waals surface area (Å²) in [4.78, 5) is 0. The number of hydrogen-bond acceptors (Lipinski definition) is 1. The first-order valence-corrected chi connectivity index (χ1v) is 7.81. The molecule has 19 heavy (non-hydrogen) atoms. The molecule has 2 heteroatoms. The van der Waals surface area contributed by atoms with Gasteiger partial charge in [0.25, 0.3) is 0 Å². The van der Waals surface area contributed by atoms with Crippen LogP contribution in [0.25, 0.3) is 0 Å². The van der Waals surface area contributed by atoms with E-state index in [4.69, 9.17) is 0 Å². The second kappa shape index (κ2) is 7.65. The quantitative estimate of drug-likeness (QED) is 0.762. The zero-order valence-electron chi connectivity index (χ0n) is 11.3. The summed E-state index contributed by atoms with van der Waals surface area (Å²) in [6.45, 7) is 0. The van der Waals surface area contributed by atoms with Gasteiger partial charge >= 0.3 is 0 Å². The lowest BCUT2D eigenvalue weighted by Gasteiger charge is -2.16. The van der Waals surface area contributed by atoms with Crippen LogP contribution in [0.5, 0.6) is 0 Å². The molecule has 100 valence electrons. The second-order valence-electron chi connectivity index (χ2n) is 4.84. The van der Waals surface area contributed by atoms with Gasteiger partial charge < -0.3 is 5.32 Å². The molecule has 1 nitrogen and oxygen atoms in total. The third-order valence-corrected chi connectivity index (χ3v) is 4.15. The van der Waals surface area contributed by atoms with Crippen molar-refractivity contribution in [3.63, 3.8) is 0 Å². The first kappa shape index (κ1) is 14.5. The van der Waals surface area contributed by atoms with Crippen molar-refractivity contribution in [2.45, 2.75) is 25.3 Å². The van der Waals surface area contributed by atoms with E-state index in [2.05, 4.69) is 89.6 Å². The van der Waals surface area contributed by atoms with Crippen molar-refractivity contribution in [2.75, 3.05) is 7.05 Å². The van der Waals surface area contributed by atoms with Crippen LogP contribution in [0.4, 0.5) is 0 Å². The number of halogens is 1. The summed E-state index contributed by atoms with van der Waals surface area (Å²) in [7, 11) is 2.06. The van der Waals surface area contributed by atoms with Crippen LogP contribution >= 0.6 is 22.6 Å². The van der Waals surface area contributed by atoms with Gasteiger partial charge in [-0.05, 0) is 72.2 Å². The van der Waals surface area contributed by atoms with Crippen molar-refractivity contribution in [3.05, 3.63) is 69.3 Å². The highest BCUT2D eigenvalue weighted by molar-refractivity contribution is 14.1. The Labute approximate surface area is 129 Å². The van der Waals surface area contributed by atoms with E-state index in [0.717, 1.165) is 12.8 Å². The molecule has 0 aromatic heterocycles. The van der Waals surface area contributed by atoms with Crippen LogP contribution in [-0.2, 0) is 12.8 Å². The average molecular weight is 365 g/mol. The molecule has 0 bridgehead atoms. The molecule has 0 spiro atoms. The maximum absolute atomic E-state index is 3.43. The lowest BCUT2D eigenvalue weighted by atomic mass is 9.99. The van der Waals surface area contributed by atoms with Crippen LogP contribution in [0.15, 0.2) is 54.6 Å². The fraction of sp³-hybridized carbons (Fsp3) is 0.294. The molecule has 0 aliphatic heterocycles. The molecule has 2 aromatic carbocycles. The van der Waals surface area contributed by atoms with Gasteiger partial charge in [0.2, 0.25) is 0 Å². The highest BCUT2D eigenvalue weighted by Gasteiger charge is 2.07. The number of aryl methyl sites for hydroxylation is 1. The molecule has 2 rings (SSSR count). The predicted molar refractivity (Wildman–Crippen MR) is 90.5 cm³/mol. The topological polar surface area (TPSA) is 12.0 Å². The number of likely N-dealkylation sites (N-methyl/N-ethyl adjacent to an activating group) is 1. The van der Waals surface area contributed by atoms with Crippen LogP contribution in [0.2, 0.25) is 0 Å². The molecule has 0 amide bonds. The minimum absolute atomic E-state index is 0.542. The van der Waals surface area contributed by atoms with Crippen molar-refractivity contribution in [1.29, 1.82) is 0 Å². The number of hydrogen-bond donors (Lipinski definition) is 1. The van der Waals surface area contributed by atoms with Crippen molar-refractivity contribution in [1.82, 2.24) is 5.32 Å². The largest absolute Gasteiger partial charge is 0.317 e. The molecule has 0 aliphatic carbocycles. The normalized spacial score (nSPS) is 12.3. The van der Waals surface area contributed by atoms with Gasteiger partial charge in [0.05, 0.1) is 0 Å². The second-order valence-corrected chi connectivity index (χ2v) is 6.09. The molecular weight excluding hydrogens is 345 g/mol. The molecule has 1 atom stereocenters. The molecule has 0 aliphatic rings. The van der Waals surface area contributed by atoms with Gasteiger partial charge in [-0.25, -0.2) is 0 Å². The van der Waals surface area contributed by atoms with Crippen LogP contribution < -0.4 is 5.32 Å². The molecule has 0 fully saturated rings. The maximum atomic E-state index is 3.43. The molecule has 1 unspecified atom stereocenters. The highest BCUT2D eigenvalue weighted by atomic mass is 127. The van der Waals surface area contributed by atoms with Crippen molar-refractivity contribution in [2.24, 2.45) is 0 Å². The minimum Gasteiger partial charge on any atom is -0.317 e. The number of benzene rings is 2. The summed E-state index contributed by atoms with van der Waals surface area (Å²) in [6, 6.07) is 20.1. The van der Waals surface area contributed by atoms with Crippen LogP contribution in [-0.4, -0.2) is 13.1 Å². The van der Waals surface area contributed by atoms with Gasteiger partial charge in [0.15, 0.2) is 0 Å². The van der Waals surface area contributed by atoms with E-state index in [1.54, 1.807) is 0 Å². The van der Waals surface area contributed by atoms with Gasteiger partial charge in [-0.15, -0.1) is 0 Å². The van der Waals surface area contributed by atoms with E-state index in [9.17, 15) is 0 Å². The van der Waals surface area contributed by atoms with E-state index in [1.165, 1.54) is 21.1 Å². The summed E-state index contributed by atoms with van der Waals surface area (Å²) in [5.74, 6) is 0. The van der Waals surface area contributed by atoms with E-state index < -0.39 is 0 Å². The van der Waals surface area contributed by atoms with Gasteiger partial charge in [-0.3, -0.25) is 0 Å². The fourth-order valence-corrected chi connectivity index (χ4v) is 2.60. The Morgan fingerprint density at radius 2 is 1.63 bits per heavy atom. The van der Waals surface area contributed by atoms with E-state index in [-0.39, 0.29) is 0 Å². The molecular formula is C17H20IN. The third kappa shape index (κ3) is 4.96. The Kier molecular flexibility index (Phi) is 5.86. The average Bonchev–Trinajstić information content (AvgIpc) is 2.46. The van der Waals surface area contributed by atoms with Gasteiger partial charge in [0.1, 0.15) is 0 Å². The van der Waals surface area contributed by atoms with Crippen LogP contribution in [0.3, 0.4) is 0 Å². The summed E-state index contributed by atoms with van der Waals surface area (Å²) in [6.07, 6.45) is 3.41. The van der Waals surface area contributed by atoms with Gasteiger partial charge in [0, 0.05) is 9.61 Å². The Hall–Kier alpha value is -0.870. The zero-order valence-corrected chi connectivity index (χ0v) is 13.4. The van der Waals surface area contributed by atoms with E-state index in [1.807, 2.05) is 0 Å². The van der Waals surface area contributed by atoms with E-state index in [0.29, 0.717) is 6.04 Å². The maximum Gasteiger partial charge on any atom is 0.0130 e. The highest BCUT2D eigenvalue weighted by Crippen LogP contribution is 2.12. The molecule has 2 aromatic rings. The molecule has 0 heterocycles. The Morgan fingerprint density at radius 1 is 0.947 bits per heavy atom. The van der Waals surface area contributed by atoms with Crippen molar-refractivity contribution >= 4 is 22.6 Å². The van der Waals surface area contributed by atoms with Crippen LogP contribution in [0, 0.1) is 3.57 Å². The Balaban J connectivity index is 1.88. The van der Waals surface area contributed by atoms with Crippen molar-refractivity contribution in [3.8, 4) is 0 Å². The smallest absolute Gasteiger partial charge is 0.0130 e. The van der Waals surface area contributed by atoms with E-state index >= 15 is 0 Å².